The third-order valence-electron chi connectivity index (χ3n) is 4.55. The van der Waals surface area contributed by atoms with Gasteiger partial charge in [0.1, 0.15) is 0 Å². The second kappa shape index (κ2) is 10.8. The van der Waals surface area contributed by atoms with Crippen LogP contribution in [0.25, 0.3) is 0 Å². The summed E-state index contributed by atoms with van der Waals surface area (Å²) in [7, 11) is 1.83. The van der Waals surface area contributed by atoms with Crippen LogP contribution in [-0.4, -0.2) is 32.1 Å². The predicted octanol–water partition coefficient (Wildman–Crippen LogP) is 4.40. The number of aliphatic imine (C=N–C) groups is 1. The van der Waals surface area contributed by atoms with Gasteiger partial charge in [-0.15, -0.1) is 24.0 Å². The number of rotatable bonds is 4. The van der Waals surface area contributed by atoms with Crippen molar-refractivity contribution in [2.24, 2.45) is 4.99 Å². The van der Waals surface area contributed by atoms with E-state index in [1.54, 1.807) is 0 Å². The van der Waals surface area contributed by atoms with Crippen LogP contribution >= 0.6 is 39.9 Å². The van der Waals surface area contributed by atoms with Gasteiger partial charge in [-0.2, -0.15) is 0 Å². The lowest BCUT2D eigenvalue weighted by Crippen LogP contribution is -2.48. The number of piperidine rings is 1. The van der Waals surface area contributed by atoms with Gasteiger partial charge in [-0.25, -0.2) is 0 Å². The van der Waals surface area contributed by atoms with Crippen LogP contribution in [0.3, 0.4) is 0 Å². The Morgan fingerprint density at radius 1 is 1.08 bits per heavy atom. The molecule has 0 atom stereocenters. The summed E-state index contributed by atoms with van der Waals surface area (Å²) in [6, 6.07) is 19.5. The Morgan fingerprint density at radius 3 is 2.35 bits per heavy atom. The van der Waals surface area contributed by atoms with Crippen molar-refractivity contribution in [1.29, 1.82) is 0 Å². The number of nitrogens with one attached hydrogen (secondary N) is 2. The minimum Gasteiger partial charge on any atom is -0.371 e. The summed E-state index contributed by atoms with van der Waals surface area (Å²) in [6.07, 6.45) is 2.24. The van der Waals surface area contributed by atoms with Gasteiger partial charge in [0.2, 0.25) is 0 Å². The number of anilines is 1. The molecule has 0 aliphatic carbocycles. The molecule has 0 radical (unpaired) electrons. The van der Waals surface area contributed by atoms with Gasteiger partial charge >= 0.3 is 0 Å². The molecular formula is C20H26BrIN4. The summed E-state index contributed by atoms with van der Waals surface area (Å²) in [5.41, 5.74) is 2.56. The fraction of sp³-hybridized carbons (Fsp3) is 0.350. The zero-order valence-electron chi connectivity index (χ0n) is 15.0. The average molecular weight is 529 g/mol. The fourth-order valence-corrected chi connectivity index (χ4v) is 3.36. The molecule has 26 heavy (non-hydrogen) atoms. The molecule has 0 spiro atoms. The third-order valence-corrected chi connectivity index (χ3v) is 5.08. The average Bonchev–Trinajstić information content (AvgIpc) is 2.67. The first-order valence-electron chi connectivity index (χ1n) is 8.76. The molecule has 1 aliphatic heterocycles. The Balaban J connectivity index is 0.00000243. The summed E-state index contributed by atoms with van der Waals surface area (Å²) in [4.78, 5) is 6.82. The van der Waals surface area contributed by atoms with E-state index in [4.69, 9.17) is 0 Å². The van der Waals surface area contributed by atoms with Gasteiger partial charge in [0, 0.05) is 42.9 Å². The van der Waals surface area contributed by atoms with Crippen LogP contribution in [-0.2, 0) is 6.54 Å². The van der Waals surface area contributed by atoms with Gasteiger partial charge in [-0.1, -0.05) is 46.3 Å². The van der Waals surface area contributed by atoms with Gasteiger partial charge in [-0.3, -0.25) is 4.99 Å². The molecule has 1 saturated heterocycles. The van der Waals surface area contributed by atoms with Gasteiger partial charge in [-0.05, 0) is 42.7 Å². The van der Waals surface area contributed by atoms with Crippen LogP contribution in [0.1, 0.15) is 18.4 Å². The Morgan fingerprint density at radius 2 is 1.73 bits per heavy atom. The fourth-order valence-electron chi connectivity index (χ4n) is 3.10. The van der Waals surface area contributed by atoms with Crippen LogP contribution < -0.4 is 15.5 Å². The molecule has 4 nitrogen and oxygen atoms in total. The van der Waals surface area contributed by atoms with E-state index in [2.05, 4.69) is 91.1 Å². The zero-order chi connectivity index (χ0) is 17.5. The summed E-state index contributed by atoms with van der Waals surface area (Å²) < 4.78 is 1.10. The molecule has 1 heterocycles. The highest BCUT2D eigenvalue weighted by Crippen LogP contribution is 2.19. The summed E-state index contributed by atoms with van der Waals surface area (Å²) in [5, 5.41) is 6.97. The maximum absolute atomic E-state index is 4.36. The van der Waals surface area contributed by atoms with Crippen molar-refractivity contribution < 1.29 is 0 Å². The highest BCUT2D eigenvalue weighted by molar-refractivity contribution is 14.0. The normalized spacial score (nSPS) is 15.3. The topological polar surface area (TPSA) is 39.7 Å². The first-order chi connectivity index (χ1) is 12.2. The molecule has 0 aromatic heterocycles. The molecule has 2 aromatic carbocycles. The Hall–Kier alpha value is -1.28. The van der Waals surface area contributed by atoms with E-state index in [0.29, 0.717) is 6.04 Å². The molecule has 3 rings (SSSR count). The van der Waals surface area contributed by atoms with Crippen LogP contribution in [0.4, 0.5) is 5.69 Å². The summed E-state index contributed by atoms with van der Waals surface area (Å²) in [5.74, 6) is 0.876. The van der Waals surface area contributed by atoms with Crippen LogP contribution in [0.5, 0.6) is 0 Å². The number of hydrogen-bond donors (Lipinski definition) is 2. The van der Waals surface area contributed by atoms with Crippen LogP contribution in [0.15, 0.2) is 64.1 Å². The van der Waals surface area contributed by atoms with E-state index >= 15 is 0 Å². The highest BCUT2D eigenvalue weighted by Gasteiger charge is 2.20. The van der Waals surface area contributed by atoms with Crippen molar-refractivity contribution in [2.45, 2.75) is 25.4 Å². The maximum atomic E-state index is 4.36. The van der Waals surface area contributed by atoms with Crippen molar-refractivity contribution in [3.05, 3.63) is 64.6 Å². The summed E-state index contributed by atoms with van der Waals surface area (Å²) >= 11 is 3.47. The maximum Gasteiger partial charge on any atom is 0.191 e. The molecule has 2 aromatic rings. The van der Waals surface area contributed by atoms with Gasteiger partial charge in [0.05, 0.1) is 0 Å². The first-order valence-corrected chi connectivity index (χ1v) is 9.55. The lowest BCUT2D eigenvalue weighted by atomic mass is 10.0. The van der Waals surface area contributed by atoms with E-state index < -0.39 is 0 Å². The number of benzene rings is 2. The number of nitrogens with zero attached hydrogens (tertiary/aromatic N) is 2. The lowest BCUT2D eigenvalue weighted by molar-refractivity contribution is 0.461. The Labute approximate surface area is 181 Å². The molecular weight excluding hydrogens is 503 g/mol. The van der Waals surface area contributed by atoms with Gasteiger partial charge in [0.25, 0.3) is 0 Å². The molecule has 6 heteroatoms. The standard InChI is InChI=1S/C20H25BrN4.HI/c1-22-20(23-15-16-7-9-17(21)10-8-16)24-18-11-13-25(14-12-18)19-5-3-2-4-6-19;/h2-10,18H,11-15H2,1H3,(H2,22,23,24);1H. The first kappa shape index (κ1) is 21.0. The monoisotopic (exact) mass is 528 g/mol. The number of halogens is 2. The molecule has 1 fully saturated rings. The molecule has 0 saturated carbocycles. The molecule has 0 unspecified atom stereocenters. The zero-order valence-corrected chi connectivity index (χ0v) is 18.9. The van der Waals surface area contributed by atoms with Crippen molar-refractivity contribution in [3.8, 4) is 0 Å². The van der Waals surface area contributed by atoms with E-state index in [1.165, 1.54) is 11.3 Å². The minimum atomic E-state index is 0. The van der Waals surface area contributed by atoms with Crippen molar-refractivity contribution in [2.75, 3.05) is 25.0 Å². The SMILES string of the molecule is CN=C(NCc1ccc(Br)cc1)NC1CCN(c2ccccc2)CC1.I. The molecule has 1 aliphatic rings. The smallest absolute Gasteiger partial charge is 0.191 e. The van der Waals surface area contributed by atoms with Gasteiger partial charge < -0.3 is 15.5 Å². The van der Waals surface area contributed by atoms with Gasteiger partial charge in [0.15, 0.2) is 5.96 Å². The number of para-hydroxylation sites is 1. The molecule has 2 N–H and O–H groups in total. The quantitative estimate of drug-likeness (QED) is 0.351. The third kappa shape index (κ3) is 6.16. The lowest BCUT2D eigenvalue weighted by Gasteiger charge is -2.34. The van der Waals surface area contributed by atoms with Crippen molar-refractivity contribution >= 4 is 51.6 Å². The Kier molecular flexibility index (Phi) is 8.71. The van der Waals surface area contributed by atoms with E-state index in [1.807, 2.05) is 7.05 Å². The molecule has 0 amide bonds. The second-order valence-electron chi connectivity index (χ2n) is 6.29. The van der Waals surface area contributed by atoms with Crippen LogP contribution in [0, 0.1) is 0 Å². The van der Waals surface area contributed by atoms with Crippen molar-refractivity contribution in [1.82, 2.24) is 10.6 Å². The van der Waals surface area contributed by atoms with E-state index in [-0.39, 0.29) is 24.0 Å². The molecule has 0 bridgehead atoms. The second-order valence-corrected chi connectivity index (χ2v) is 7.21. The minimum absolute atomic E-state index is 0. The summed E-state index contributed by atoms with van der Waals surface area (Å²) in [6.45, 7) is 2.92. The van der Waals surface area contributed by atoms with Crippen LogP contribution in [0.2, 0.25) is 0 Å². The number of hydrogen-bond acceptors (Lipinski definition) is 2. The van der Waals surface area contributed by atoms with E-state index in [9.17, 15) is 0 Å². The Bertz CT molecular complexity index is 683. The van der Waals surface area contributed by atoms with Crippen molar-refractivity contribution in [3.63, 3.8) is 0 Å². The largest absolute Gasteiger partial charge is 0.371 e. The highest BCUT2D eigenvalue weighted by atomic mass is 127. The predicted molar refractivity (Wildman–Crippen MR) is 125 cm³/mol. The van der Waals surface area contributed by atoms with E-state index in [0.717, 1.165) is 42.9 Å². The molecule has 140 valence electrons. The number of guanidine groups is 1.